The topological polar surface area (TPSA) is 79.1 Å². The minimum Gasteiger partial charge on any atom is -0.494 e. The lowest BCUT2D eigenvalue weighted by Crippen LogP contribution is -2.22. The van der Waals surface area contributed by atoms with Crippen LogP contribution in [-0.2, 0) is 16.1 Å². The van der Waals surface area contributed by atoms with Crippen LogP contribution in [0.25, 0.3) is 10.2 Å². The molecular weight excluding hydrogens is 440 g/mol. The molecule has 4 rings (SSSR count). The fraction of sp³-hybridized carbons (Fsp3) is 0.160. The summed E-state index contributed by atoms with van der Waals surface area (Å²) in [5.41, 5.74) is 1.08. The summed E-state index contributed by atoms with van der Waals surface area (Å²) >= 11 is 1.30. The molecule has 0 fully saturated rings. The minimum atomic E-state index is -0.475. The van der Waals surface area contributed by atoms with E-state index in [9.17, 15) is 9.59 Å². The number of carbonyl (C=O) groups is 2. The highest BCUT2D eigenvalue weighted by Crippen LogP contribution is 2.26. The van der Waals surface area contributed by atoms with Crippen LogP contribution >= 0.6 is 11.3 Å². The molecule has 0 spiro atoms. The summed E-state index contributed by atoms with van der Waals surface area (Å²) in [5.74, 6) is 0.804. The summed E-state index contributed by atoms with van der Waals surface area (Å²) in [4.78, 5) is 30.0. The molecule has 8 heteroatoms. The summed E-state index contributed by atoms with van der Waals surface area (Å²) in [6.45, 7) is 2.37. The van der Waals surface area contributed by atoms with E-state index >= 15 is 0 Å². The number of para-hydroxylation sites is 2. The number of amides is 1. The van der Waals surface area contributed by atoms with Crippen molar-refractivity contribution in [1.29, 1.82) is 0 Å². The Morgan fingerprint density at radius 1 is 0.970 bits per heavy atom. The molecule has 1 aromatic heterocycles. The molecule has 0 atom stereocenters. The second-order valence-corrected chi connectivity index (χ2v) is 7.95. The normalized spacial score (nSPS) is 11.4. The number of esters is 1. The van der Waals surface area contributed by atoms with Crippen molar-refractivity contribution < 1.29 is 23.8 Å². The maximum absolute atomic E-state index is 13.2. The molecule has 0 aliphatic rings. The van der Waals surface area contributed by atoms with Gasteiger partial charge in [0, 0.05) is 0 Å². The Morgan fingerprint density at radius 3 is 2.48 bits per heavy atom. The van der Waals surface area contributed by atoms with Gasteiger partial charge in [-0.3, -0.25) is 9.59 Å². The van der Waals surface area contributed by atoms with Crippen LogP contribution in [0.1, 0.15) is 17.3 Å². The van der Waals surface area contributed by atoms with Gasteiger partial charge in [-0.15, -0.1) is 0 Å². The minimum absolute atomic E-state index is 0.0707. The predicted octanol–water partition coefficient (Wildman–Crippen LogP) is 4.81. The van der Waals surface area contributed by atoms with Crippen molar-refractivity contribution in [2.24, 2.45) is 4.99 Å². The van der Waals surface area contributed by atoms with E-state index in [-0.39, 0.29) is 6.54 Å². The number of rotatable bonds is 7. The largest absolute Gasteiger partial charge is 0.494 e. The SMILES string of the molecule is CCOc1ccc2c(c1)sc(=NC(=O)c1ccccc1Oc1ccccc1)n2CC(=O)OC. The van der Waals surface area contributed by atoms with E-state index in [2.05, 4.69) is 4.99 Å². The van der Waals surface area contributed by atoms with E-state index in [4.69, 9.17) is 14.2 Å². The Labute approximate surface area is 194 Å². The molecule has 1 amide bonds. The van der Waals surface area contributed by atoms with E-state index in [1.807, 2.05) is 55.5 Å². The Kier molecular flexibility index (Phi) is 6.85. The van der Waals surface area contributed by atoms with Gasteiger partial charge in [0.1, 0.15) is 23.8 Å². The third-order valence-corrected chi connectivity index (χ3v) is 5.81. The average molecular weight is 463 g/mol. The van der Waals surface area contributed by atoms with Crippen LogP contribution in [0.4, 0.5) is 0 Å². The van der Waals surface area contributed by atoms with Crippen LogP contribution in [0.15, 0.2) is 77.8 Å². The van der Waals surface area contributed by atoms with Gasteiger partial charge in [0.25, 0.3) is 5.91 Å². The fourth-order valence-corrected chi connectivity index (χ4v) is 4.29. The van der Waals surface area contributed by atoms with Crippen LogP contribution in [0.5, 0.6) is 17.2 Å². The number of nitrogens with zero attached hydrogens (tertiary/aromatic N) is 2. The first-order valence-corrected chi connectivity index (χ1v) is 11.1. The zero-order chi connectivity index (χ0) is 23.2. The number of methoxy groups -OCH3 is 1. The maximum Gasteiger partial charge on any atom is 0.325 e. The van der Waals surface area contributed by atoms with Crippen molar-refractivity contribution in [2.75, 3.05) is 13.7 Å². The molecular formula is C25H22N2O5S. The highest BCUT2D eigenvalue weighted by Gasteiger charge is 2.16. The van der Waals surface area contributed by atoms with Crippen molar-refractivity contribution in [2.45, 2.75) is 13.5 Å². The van der Waals surface area contributed by atoms with Crippen molar-refractivity contribution >= 4 is 33.4 Å². The zero-order valence-electron chi connectivity index (χ0n) is 18.2. The Hall–Kier alpha value is -3.91. The lowest BCUT2D eigenvalue weighted by molar-refractivity contribution is -0.141. The van der Waals surface area contributed by atoms with Crippen molar-refractivity contribution in [3.63, 3.8) is 0 Å². The zero-order valence-corrected chi connectivity index (χ0v) is 19.0. The van der Waals surface area contributed by atoms with Crippen LogP contribution < -0.4 is 14.3 Å². The smallest absolute Gasteiger partial charge is 0.325 e. The fourth-order valence-electron chi connectivity index (χ4n) is 3.24. The second-order valence-electron chi connectivity index (χ2n) is 6.94. The van der Waals surface area contributed by atoms with Gasteiger partial charge < -0.3 is 18.8 Å². The molecule has 0 unspecified atom stereocenters. The van der Waals surface area contributed by atoms with E-state index in [1.54, 1.807) is 28.8 Å². The number of aromatic nitrogens is 1. The number of fused-ring (bicyclic) bond motifs is 1. The van der Waals surface area contributed by atoms with Gasteiger partial charge in [-0.25, -0.2) is 0 Å². The van der Waals surface area contributed by atoms with Gasteiger partial charge in [0.05, 0.1) is 29.5 Å². The second kappa shape index (κ2) is 10.1. The predicted molar refractivity (Wildman–Crippen MR) is 126 cm³/mol. The van der Waals surface area contributed by atoms with Crippen LogP contribution in [-0.4, -0.2) is 30.2 Å². The van der Waals surface area contributed by atoms with Crippen LogP contribution in [0, 0.1) is 0 Å². The standard InChI is InChI=1S/C25H22N2O5S/c1-3-31-18-13-14-20-22(15-18)33-25(27(20)16-23(28)30-2)26-24(29)19-11-7-8-12-21(19)32-17-9-5-4-6-10-17/h4-15H,3,16H2,1-2H3. The van der Waals surface area contributed by atoms with Gasteiger partial charge in [0.2, 0.25) is 0 Å². The first-order valence-electron chi connectivity index (χ1n) is 10.3. The molecule has 7 nitrogen and oxygen atoms in total. The molecule has 33 heavy (non-hydrogen) atoms. The number of benzene rings is 3. The number of ether oxygens (including phenoxy) is 3. The number of carbonyl (C=O) groups excluding carboxylic acids is 2. The Balaban J connectivity index is 1.77. The molecule has 0 bridgehead atoms. The van der Waals surface area contributed by atoms with Gasteiger partial charge in [-0.05, 0) is 49.4 Å². The first kappa shape index (κ1) is 22.3. The average Bonchev–Trinajstić information content (AvgIpc) is 3.16. The van der Waals surface area contributed by atoms with Gasteiger partial charge in [-0.2, -0.15) is 4.99 Å². The first-order chi connectivity index (χ1) is 16.1. The molecule has 168 valence electrons. The van der Waals surface area contributed by atoms with Gasteiger partial charge >= 0.3 is 5.97 Å². The lowest BCUT2D eigenvalue weighted by Gasteiger charge is -2.08. The van der Waals surface area contributed by atoms with Gasteiger partial charge in [-0.1, -0.05) is 41.7 Å². The third kappa shape index (κ3) is 5.12. The summed E-state index contributed by atoms with van der Waals surface area (Å²) in [6.07, 6.45) is 0. The molecule has 0 N–H and O–H groups in total. The molecule has 4 aromatic rings. The molecule has 0 saturated carbocycles. The molecule has 0 radical (unpaired) electrons. The lowest BCUT2D eigenvalue weighted by atomic mass is 10.2. The van der Waals surface area contributed by atoms with Crippen molar-refractivity contribution in [3.8, 4) is 17.2 Å². The van der Waals surface area contributed by atoms with Crippen LogP contribution in [0.3, 0.4) is 0 Å². The van der Waals surface area contributed by atoms with E-state index in [1.165, 1.54) is 18.4 Å². The number of hydrogen-bond acceptors (Lipinski definition) is 6. The van der Waals surface area contributed by atoms with E-state index < -0.39 is 11.9 Å². The summed E-state index contributed by atoms with van der Waals surface area (Å²) < 4.78 is 18.8. The maximum atomic E-state index is 13.2. The van der Waals surface area contributed by atoms with Gasteiger partial charge in [0.15, 0.2) is 4.80 Å². The monoisotopic (exact) mass is 462 g/mol. The molecule has 1 heterocycles. The number of thiazole rings is 1. The number of hydrogen-bond donors (Lipinski definition) is 0. The molecule has 0 aliphatic carbocycles. The molecule has 3 aromatic carbocycles. The molecule has 0 saturated heterocycles. The van der Waals surface area contributed by atoms with Crippen molar-refractivity contribution in [1.82, 2.24) is 4.57 Å². The van der Waals surface area contributed by atoms with Crippen molar-refractivity contribution in [3.05, 3.63) is 83.2 Å². The Morgan fingerprint density at radius 2 is 1.73 bits per heavy atom. The summed E-state index contributed by atoms with van der Waals surface area (Å²) in [6, 6.07) is 21.7. The Bertz CT molecular complexity index is 1360. The quantitative estimate of drug-likeness (QED) is 0.368. The highest BCUT2D eigenvalue weighted by molar-refractivity contribution is 7.16. The molecule has 0 aliphatic heterocycles. The highest BCUT2D eigenvalue weighted by atomic mass is 32.1. The van der Waals surface area contributed by atoms with E-state index in [0.29, 0.717) is 34.2 Å². The summed E-state index contributed by atoms with van der Waals surface area (Å²) in [7, 11) is 1.32. The summed E-state index contributed by atoms with van der Waals surface area (Å²) in [5, 5.41) is 0. The van der Waals surface area contributed by atoms with E-state index in [0.717, 1.165) is 10.2 Å². The van der Waals surface area contributed by atoms with Crippen LogP contribution in [0.2, 0.25) is 0 Å². The third-order valence-electron chi connectivity index (χ3n) is 4.77.